The molecule has 0 radical (unpaired) electrons. The normalized spacial score (nSPS) is 13.0. The van der Waals surface area contributed by atoms with E-state index in [4.69, 9.17) is 0 Å². The van der Waals surface area contributed by atoms with E-state index in [0.717, 1.165) is 39.9 Å². The van der Waals surface area contributed by atoms with Gasteiger partial charge < -0.3 is 25.8 Å². The summed E-state index contributed by atoms with van der Waals surface area (Å²) >= 11 is 0. The molecule has 1 aliphatic heterocycles. The molecule has 0 atom stereocenters. The Bertz CT molecular complexity index is 1740. The van der Waals surface area contributed by atoms with E-state index < -0.39 is 5.91 Å². The van der Waals surface area contributed by atoms with Crippen LogP contribution in [0.2, 0.25) is 0 Å². The number of allylic oxidation sites excluding steroid dienone is 2. The second kappa shape index (κ2) is 13.1. The fourth-order valence-corrected chi connectivity index (χ4v) is 4.90. The van der Waals surface area contributed by atoms with E-state index >= 15 is 0 Å². The number of carbonyl (C=O) groups excluding carboxylic acids is 3. The molecule has 3 N–H and O–H groups in total. The molecular formula is C37H41N5O3. The summed E-state index contributed by atoms with van der Waals surface area (Å²) in [5.41, 5.74) is 8.09. The number of nitrogens with one attached hydrogen (secondary N) is 3. The van der Waals surface area contributed by atoms with Crippen LogP contribution in [0.5, 0.6) is 0 Å². The lowest BCUT2D eigenvalue weighted by Crippen LogP contribution is -2.24. The van der Waals surface area contributed by atoms with E-state index in [0.29, 0.717) is 22.5 Å². The van der Waals surface area contributed by atoms with E-state index in [-0.39, 0.29) is 17.2 Å². The van der Waals surface area contributed by atoms with Crippen molar-refractivity contribution in [1.82, 2.24) is 9.80 Å². The molecule has 0 saturated carbocycles. The molecule has 0 aliphatic carbocycles. The lowest BCUT2D eigenvalue weighted by molar-refractivity contribution is -0.111. The number of rotatable bonds is 8. The minimum Gasteiger partial charge on any atom is -0.354 e. The Morgan fingerprint density at radius 2 is 1.62 bits per heavy atom. The van der Waals surface area contributed by atoms with Crippen LogP contribution in [0.25, 0.3) is 5.57 Å². The van der Waals surface area contributed by atoms with E-state index in [1.807, 2.05) is 73.6 Å². The third-order valence-corrected chi connectivity index (χ3v) is 7.65. The number of hydrogen-bond donors (Lipinski definition) is 3. The Morgan fingerprint density at radius 1 is 0.933 bits per heavy atom. The maximum absolute atomic E-state index is 13.2. The molecule has 0 saturated heterocycles. The SMILES string of the molecule is C=CC(=O)Nc1cc(NC2=CC(c3cccc(NC(=O)c4ccc(C(C)(C)C)cc4)c3C)=CN(C)C2=C)ccc1C(=O)N(C)C. The fourth-order valence-electron chi connectivity index (χ4n) is 4.90. The molecule has 3 amide bonds. The summed E-state index contributed by atoms with van der Waals surface area (Å²) in [5.74, 6) is -0.834. The van der Waals surface area contributed by atoms with Crippen LogP contribution in [-0.2, 0) is 10.2 Å². The van der Waals surface area contributed by atoms with Crippen molar-refractivity contribution in [1.29, 1.82) is 0 Å². The van der Waals surface area contributed by atoms with Crippen molar-refractivity contribution in [2.24, 2.45) is 0 Å². The predicted octanol–water partition coefficient (Wildman–Crippen LogP) is 7.17. The van der Waals surface area contributed by atoms with Gasteiger partial charge in [-0.25, -0.2) is 0 Å². The number of benzene rings is 3. The molecule has 1 aliphatic rings. The molecule has 45 heavy (non-hydrogen) atoms. The average Bonchev–Trinajstić information content (AvgIpc) is 2.99. The zero-order valence-corrected chi connectivity index (χ0v) is 27.0. The first-order chi connectivity index (χ1) is 21.2. The van der Waals surface area contributed by atoms with E-state index in [9.17, 15) is 14.4 Å². The number of hydrogen-bond acceptors (Lipinski definition) is 5. The first-order valence-electron chi connectivity index (χ1n) is 14.6. The standard InChI is InChI=1S/C37H41N5O3/c1-10-34(43)39-33-21-28(18-19-30(33)36(45)41(7)8)38-32-20-26(22-42(9)24(32)3)29-12-11-13-31(23(29)2)40-35(44)25-14-16-27(17-15-25)37(4,5)6/h10-22,38H,1,3H2,2,4-9H3,(H,39,43)(H,40,44). The maximum Gasteiger partial charge on any atom is 0.255 e. The van der Waals surface area contributed by atoms with Crippen molar-refractivity contribution in [3.8, 4) is 0 Å². The second-order valence-corrected chi connectivity index (χ2v) is 12.2. The van der Waals surface area contributed by atoms with Gasteiger partial charge in [-0.1, -0.05) is 58.2 Å². The molecule has 0 fully saturated rings. The number of amides is 3. The quantitative estimate of drug-likeness (QED) is 0.238. The molecule has 0 unspecified atom stereocenters. The van der Waals surface area contributed by atoms with E-state index in [2.05, 4.69) is 49.9 Å². The van der Waals surface area contributed by atoms with Crippen molar-refractivity contribution >= 4 is 40.4 Å². The molecule has 1 heterocycles. The highest BCUT2D eigenvalue weighted by Crippen LogP contribution is 2.33. The number of carbonyl (C=O) groups is 3. The van der Waals surface area contributed by atoms with Crippen LogP contribution < -0.4 is 16.0 Å². The Kier molecular flexibility index (Phi) is 9.47. The molecule has 8 nitrogen and oxygen atoms in total. The molecule has 0 spiro atoms. The average molecular weight is 604 g/mol. The van der Waals surface area contributed by atoms with Gasteiger partial charge in [0, 0.05) is 49.9 Å². The van der Waals surface area contributed by atoms with Gasteiger partial charge in [0.2, 0.25) is 5.91 Å². The summed E-state index contributed by atoms with van der Waals surface area (Å²) in [4.78, 5) is 41.4. The third-order valence-electron chi connectivity index (χ3n) is 7.65. The van der Waals surface area contributed by atoms with Gasteiger partial charge >= 0.3 is 0 Å². The summed E-state index contributed by atoms with van der Waals surface area (Å²) in [5, 5.41) is 9.21. The zero-order valence-electron chi connectivity index (χ0n) is 27.0. The van der Waals surface area contributed by atoms with E-state index in [1.165, 1.54) is 10.5 Å². The molecule has 3 aromatic rings. The van der Waals surface area contributed by atoms with Crippen LogP contribution >= 0.6 is 0 Å². The molecule has 0 bridgehead atoms. The lowest BCUT2D eigenvalue weighted by atomic mass is 9.86. The third kappa shape index (κ3) is 7.41. The molecule has 8 heteroatoms. The Hall–Kier alpha value is -5.37. The second-order valence-electron chi connectivity index (χ2n) is 12.2. The zero-order chi connectivity index (χ0) is 33.1. The summed E-state index contributed by atoms with van der Waals surface area (Å²) in [6, 6.07) is 18.7. The first kappa shape index (κ1) is 32.5. The summed E-state index contributed by atoms with van der Waals surface area (Å²) in [6.45, 7) is 16.2. The van der Waals surface area contributed by atoms with Gasteiger partial charge in [-0.05, 0) is 77.6 Å². The lowest BCUT2D eigenvalue weighted by Gasteiger charge is -2.28. The van der Waals surface area contributed by atoms with Gasteiger partial charge in [-0.15, -0.1) is 0 Å². The fraction of sp³-hybridized carbons (Fsp3) is 0.216. The highest BCUT2D eigenvalue weighted by atomic mass is 16.2. The van der Waals surface area contributed by atoms with Crippen LogP contribution in [0, 0.1) is 6.92 Å². The molecular weight excluding hydrogens is 562 g/mol. The van der Waals surface area contributed by atoms with Gasteiger partial charge in [0.05, 0.1) is 22.6 Å². The van der Waals surface area contributed by atoms with Crippen LogP contribution in [0.4, 0.5) is 17.1 Å². The highest BCUT2D eigenvalue weighted by molar-refractivity contribution is 6.07. The number of anilines is 3. The van der Waals surface area contributed by atoms with Crippen molar-refractivity contribution in [2.45, 2.75) is 33.1 Å². The molecule has 232 valence electrons. The van der Waals surface area contributed by atoms with Gasteiger partial charge in [-0.2, -0.15) is 0 Å². The topological polar surface area (TPSA) is 93.8 Å². The van der Waals surface area contributed by atoms with Crippen LogP contribution in [0.1, 0.15) is 58.2 Å². The maximum atomic E-state index is 13.2. The molecule has 0 aromatic heterocycles. The Labute approximate surface area is 265 Å². The van der Waals surface area contributed by atoms with Crippen LogP contribution in [-0.4, -0.2) is 48.7 Å². The predicted molar refractivity (Wildman–Crippen MR) is 184 cm³/mol. The van der Waals surface area contributed by atoms with Gasteiger partial charge in [0.25, 0.3) is 11.8 Å². The van der Waals surface area contributed by atoms with Crippen molar-refractivity contribution in [3.63, 3.8) is 0 Å². The van der Waals surface area contributed by atoms with Crippen LogP contribution in [0.15, 0.2) is 104 Å². The minimum atomic E-state index is -0.421. The first-order valence-corrected chi connectivity index (χ1v) is 14.6. The summed E-state index contributed by atoms with van der Waals surface area (Å²) < 4.78 is 0. The monoisotopic (exact) mass is 603 g/mol. The van der Waals surface area contributed by atoms with E-state index in [1.54, 1.807) is 32.3 Å². The largest absolute Gasteiger partial charge is 0.354 e. The van der Waals surface area contributed by atoms with Crippen molar-refractivity contribution in [2.75, 3.05) is 37.1 Å². The van der Waals surface area contributed by atoms with Gasteiger partial charge in [0.15, 0.2) is 0 Å². The summed E-state index contributed by atoms with van der Waals surface area (Å²) in [6.07, 6.45) is 5.13. The van der Waals surface area contributed by atoms with Crippen LogP contribution in [0.3, 0.4) is 0 Å². The number of nitrogens with zero attached hydrogens (tertiary/aromatic N) is 2. The van der Waals surface area contributed by atoms with Crippen molar-refractivity contribution < 1.29 is 14.4 Å². The Balaban J connectivity index is 1.62. The molecule has 4 rings (SSSR count). The number of likely N-dealkylation sites (N-methyl/N-ethyl adjacent to an activating group) is 1. The highest BCUT2D eigenvalue weighted by Gasteiger charge is 2.20. The van der Waals surface area contributed by atoms with Gasteiger partial charge in [0.1, 0.15) is 0 Å². The summed E-state index contributed by atoms with van der Waals surface area (Å²) in [7, 11) is 5.22. The van der Waals surface area contributed by atoms with Gasteiger partial charge in [-0.3, -0.25) is 14.4 Å². The minimum absolute atomic E-state index is 0.00560. The smallest absolute Gasteiger partial charge is 0.255 e. The Morgan fingerprint density at radius 3 is 2.24 bits per heavy atom. The molecule has 3 aromatic carbocycles. The van der Waals surface area contributed by atoms with Crippen molar-refractivity contribution in [3.05, 3.63) is 131 Å².